The smallest absolute Gasteiger partial charge is 0.193 e. The van der Waals surface area contributed by atoms with E-state index in [0.29, 0.717) is 19.0 Å². The first-order valence-corrected chi connectivity index (χ1v) is 8.33. The summed E-state index contributed by atoms with van der Waals surface area (Å²) in [4.78, 5) is 7.97. The van der Waals surface area contributed by atoms with Crippen molar-refractivity contribution in [2.24, 2.45) is 12.0 Å². The summed E-state index contributed by atoms with van der Waals surface area (Å²) in [6.07, 6.45) is 3.72. The summed E-state index contributed by atoms with van der Waals surface area (Å²) in [6.45, 7) is 0.934. The van der Waals surface area contributed by atoms with Gasteiger partial charge in [-0.1, -0.05) is 6.07 Å². The Bertz CT molecular complexity index is 736. The van der Waals surface area contributed by atoms with Gasteiger partial charge in [0.05, 0.1) is 12.2 Å². The number of halogens is 2. The van der Waals surface area contributed by atoms with Crippen LogP contribution in [0, 0.1) is 11.6 Å². The molecule has 0 aliphatic rings. The van der Waals surface area contributed by atoms with Gasteiger partial charge in [-0.2, -0.15) is 5.10 Å². The maximum absolute atomic E-state index is 14.2. The fraction of sp³-hybridized carbons (Fsp3) is 0.444. The molecular formula is C18H26F2N6. The van der Waals surface area contributed by atoms with Crippen LogP contribution in [0.1, 0.15) is 17.2 Å². The number of aliphatic imine (C=N–C) groups is 1. The molecule has 6 nitrogen and oxygen atoms in total. The molecular weight excluding hydrogens is 338 g/mol. The summed E-state index contributed by atoms with van der Waals surface area (Å²) in [5, 5.41) is 7.36. The number of benzene rings is 1. The fourth-order valence-electron chi connectivity index (χ4n) is 2.85. The van der Waals surface area contributed by atoms with Gasteiger partial charge in [0, 0.05) is 51.6 Å². The van der Waals surface area contributed by atoms with Crippen molar-refractivity contribution in [2.45, 2.75) is 12.6 Å². The summed E-state index contributed by atoms with van der Waals surface area (Å²) >= 11 is 0. The summed E-state index contributed by atoms with van der Waals surface area (Å²) in [6, 6.07) is 3.45. The van der Waals surface area contributed by atoms with Crippen LogP contribution in [0.3, 0.4) is 0 Å². The minimum absolute atomic E-state index is 0.0513. The van der Waals surface area contributed by atoms with Gasteiger partial charge in [0.25, 0.3) is 0 Å². The second-order valence-electron chi connectivity index (χ2n) is 6.42. The van der Waals surface area contributed by atoms with E-state index in [1.807, 2.05) is 25.2 Å². The lowest BCUT2D eigenvalue weighted by molar-refractivity contribution is 0.280. The molecule has 0 radical (unpaired) electrons. The van der Waals surface area contributed by atoms with Crippen molar-refractivity contribution in [3.63, 3.8) is 0 Å². The van der Waals surface area contributed by atoms with Crippen LogP contribution in [0.25, 0.3) is 0 Å². The van der Waals surface area contributed by atoms with E-state index in [1.165, 1.54) is 18.2 Å². The monoisotopic (exact) mass is 364 g/mol. The Balaban J connectivity index is 2.09. The molecule has 0 fully saturated rings. The highest BCUT2D eigenvalue weighted by atomic mass is 19.1. The highest BCUT2D eigenvalue weighted by molar-refractivity contribution is 5.79. The first-order valence-electron chi connectivity index (χ1n) is 8.33. The number of aromatic nitrogens is 2. The Hall–Kier alpha value is -2.48. The SMILES string of the molecule is CN=C(NCC(c1c(F)cccc1F)N(C)C)N(C)Cc1cnn(C)c1. The molecule has 0 aliphatic heterocycles. The van der Waals surface area contributed by atoms with Crippen LogP contribution in [0.2, 0.25) is 0 Å². The predicted molar refractivity (Wildman–Crippen MR) is 98.8 cm³/mol. The minimum Gasteiger partial charge on any atom is -0.354 e. The lowest BCUT2D eigenvalue weighted by Crippen LogP contribution is -2.42. The number of hydrogen-bond acceptors (Lipinski definition) is 3. The lowest BCUT2D eigenvalue weighted by atomic mass is 10.0. The van der Waals surface area contributed by atoms with Crippen molar-refractivity contribution < 1.29 is 8.78 Å². The lowest BCUT2D eigenvalue weighted by Gasteiger charge is -2.28. The van der Waals surface area contributed by atoms with Gasteiger partial charge in [-0.25, -0.2) is 8.78 Å². The van der Waals surface area contributed by atoms with Crippen molar-refractivity contribution in [3.05, 3.63) is 53.4 Å². The fourth-order valence-corrected chi connectivity index (χ4v) is 2.85. The normalized spacial score (nSPS) is 13.2. The molecule has 0 bridgehead atoms. The highest BCUT2D eigenvalue weighted by Crippen LogP contribution is 2.23. The molecule has 1 heterocycles. The molecule has 2 rings (SSSR count). The molecule has 1 N–H and O–H groups in total. The average molecular weight is 364 g/mol. The number of likely N-dealkylation sites (N-methyl/N-ethyl adjacent to an activating group) is 1. The van der Waals surface area contributed by atoms with Crippen molar-refractivity contribution in [3.8, 4) is 0 Å². The second kappa shape index (κ2) is 8.75. The van der Waals surface area contributed by atoms with Crippen molar-refractivity contribution >= 4 is 5.96 Å². The van der Waals surface area contributed by atoms with Crippen molar-refractivity contribution in [2.75, 3.05) is 34.7 Å². The summed E-state index contributed by atoms with van der Waals surface area (Å²) in [7, 11) is 9.02. The molecule has 142 valence electrons. The van der Waals surface area contributed by atoms with Crippen LogP contribution in [-0.2, 0) is 13.6 Å². The second-order valence-corrected chi connectivity index (χ2v) is 6.42. The zero-order chi connectivity index (χ0) is 19.3. The summed E-state index contributed by atoms with van der Waals surface area (Å²) < 4.78 is 30.1. The predicted octanol–water partition coefficient (Wildman–Crippen LogP) is 2.01. The van der Waals surface area contributed by atoms with Crippen LogP contribution in [0.5, 0.6) is 0 Å². The maximum atomic E-state index is 14.2. The maximum Gasteiger partial charge on any atom is 0.193 e. The van der Waals surface area contributed by atoms with Crippen LogP contribution >= 0.6 is 0 Å². The van der Waals surface area contributed by atoms with Gasteiger partial charge in [0.1, 0.15) is 11.6 Å². The Morgan fingerprint density at radius 2 is 1.92 bits per heavy atom. The van der Waals surface area contributed by atoms with Gasteiger partial charge in [-0.15, -0.1) is 0 Å². The Labute approximate surface area is 153 Å². The van der Waals surface area contributed by atoms with Crippen LogP contribution in [0.4, 0.5) is 8.78 Å². The number of hydrogen-bond donors (Lipinski definition) is 1. The third kappa shape index (κ3) is 4.78. The van der Waals surface area contributed by atoms with E-state index >= 15 is 0 Å². The van der Waals surface area contributed by atoms with E-state index in [1.54, 1.807) is 36.9 Å². The molecule has 26 heavy (non-hydrogen) atoms. The van der Waals surface area contributed by atoms with Crippen LogP contribution in [0.15, 0.2) is 35.6 Å². The molecule has 1 aromatic heterocycles. The molecule has 1 atom stereocenters. The molecule has 0 saturated heterocycles. The molecule has 0 saturated carbocycles. The summed E-state index contributed by atoms with van der Waals surface area (Å²) in [5.74, 6) is -0.467. The molecule has 0 spiro atoms. The van der Waals surface area contributed by atoms with E-state index in [2.05, 4.69) is 15.4 Å². The summed E-state index contributed by atoms with van der Waals surface area (Å²) in [5.41, 5.74) is 1.10. The number of nitrogens with zero attached hydrogens (tertiary/aromatic N) is 5. The molecule has 0 aliphatic carbocycles. The van der Waals surface area contributed by atoms with E-state index in [9.17, 15) is 8.78 Å². The van der Waals surface area contributed by atoms with Gasteiger partial charge in [-0.3, -0.25) is 9.67 Å². The number of aryl methyl sites for hydroxylation is 1. The Kier molecular flexibility index (Phi) is 6.68. The topological polar surface area (TPSA) is 48.7 Å². The average Bonchev–Trinajstić information content (AvgIpc) is 2.97. The van der Waals surface area contributed by atoms with E-state index in [-0.39, 0.29) is 5.56 Å². The van der Waals surface area contributed by atoms with E-state index in [4.69, 9.17) is 0 Å². The van der Waals surface area contributed by atoms with Gasteiger partial charge >= 0.3 is 0 Å². The molecule has 8 heteroatoms. The van der Waals surface area contributed by atoms with Crippen molar-refractivity contribution in [1.82, 2.24) is 24.9 Å². The van der Waals surface area contributed by atoms with Crippen molar-refractivity contribution in [1.29, 1.82) is 0 Å². The molecule has 0 amide bonds. The minimum atomic E-state index is -0.552. The van der Waals surface area contributed by atoms with E-state index in [0.717, 1.165) is 5.56 Å². The van der Waals surface area contributed by atoms with Crippen LogP contribution in [-0.4, -0.2) is 60.3 Å². The zero-order valence-corrected chi connectivity index (χ0v) is 15.9. The molecule has 1 unspecified atom stereocenters. The number of guanidine groups is 1. The highest BCUT2D eigenvalue weighted by Gasteiger charge is 2.23. The van der Waals surface area contributed by atoms with Gasteiger partial charge < -0.3 is 15.1 Å². The molecule has 2 aromatic rings. The first kappa shape index (κ1) is 19.8. The number of nitrogens with one attached hydrogen (secondary N) is 1. The van der Waals surface area contributed by atoms with Gasteiger partial charge in [0.15, 0.2) is 5.96 Å². The third-order valence-electron chi connectivity index (χ3n) is 4.16. The molecule has 1 aromatic carbocycles. The Morgan fingerprint density at radius 3 is 2.42 bits per heavy atom. The first-order chi connectivity index (χ1) is 12.3. The van der Waals surface area contributed by atoms with E-state index < -0.39 is 17.7 Å². The third-order valence-corrected chi connectivity index (χ3v) is 4.16. The standard InChI is InChI=1S/C18H26F2N6/c1-21-18(25(4)11-13-9-23-26(5)12-13)22-10-16(24(2)3)17-14(19)7-6-8-15(17)20/h6-9,12,16H,10-11H2,1-5H3,(H,21,22). The largest absolute Gasteiger partial charge is 0.354 e. The Morgan fingerprint density at radius 1 is 1.27 bits per heavy atom. The van der Waals surface area contributed by atoms with Crippen LogP contribution < -0.4 is 5.32 Å². The number of rotatable bonds is 6. The van der Waals surface area contributed by atoms with Gasteiger partial charge in [-0.05, 0) is 26.2 Å². The zero-order valence-electron chi connectivity index (χ0n) is 15.9. The van der Waals surface area contributed by atoms with Gasteiger partial charge in [0.2, 0.25) is 0 Å². The quantitative estimate of drug-likeness (QED) is 0.629.